The van der Waals surface area contributed by atoms with E-state index in [2.05, 4.69) is 337 Å². The average Bonchev–Trinajstić information content (AvgIpc) is 4.22. The molecule has 0 bridgehead atoms. The van der Waals surface area contributed by atoms with Crippen LogP contribution in [0.4, 0.5) is 0 Å². The van der Waals surface area contributed by atoms with Crippen molar-refractivity contribution in [1.29, 1.82) is 0 Å². The summed E-state index contributed by atoms with van der Waals surface area (Å²) in [6, 6.07) is 122. The van der Waals surface area contributed by atoms with E-state index in [-0.39, 0.29) is 0 Å². The lowest BCUT2D eigenvalue weighted by Crippen LogP contribution is -2.74. The summed E-state index contributed by atoms with van der Waals surface area (Å²) in [6.07, 6.45) is 0. The maximum Gasteiger partial charge on any atom is 0.179 e. The van der Waals surface area contributed by atoms with Gasteiger partial charge in [0.1, 0.15) is 0 Å². The third-order valence-electron chi connectivity index (χ3n) is 16.7. The molecule has 0 unspecified atom stereocenters. The van der Waals surface area contributed by atoms with Crippen molar-refractivity contribution in [2.24, 2.45) is 0 Å². The average molecular weight is 1050 g/mol. The van der Waals surface area contributed by atoms with Crippen LogP contribution in [-0.2, 0) is 0 Å². The zero-order valence-electron chi connectivity index (χ0n) is 44.6. The molecule has 380 valence electrons. The van der Waals surface area contributed by atoms with Gasteiger partial charge in [-0.3, -0.25) is 0 Å². The minimum atomic E-state index is -3.11. The summed E-state index contributed by atoms with van der Waals surface area (Å²) in [5.74, 6) is 0. The van der Waals surface area contributed by atoms with E-state index in [0.717, 1.165) is 33.5 Å². The summed E-state index contributed by atoms with van der Waals surface area (Å²) in [6.45, 7) is 0. The smallest absolute Gasteiger partial charge is 0.179 e. The van der Waals surface area contributed by atoms with Crippen molar-refractivity contribution >= 4 is 72.4 Å². The Kier molecular flexibility index (Phi) is 11.9. The Morgan fingerprint density at radius 1 is 0.198 bits per heavy atom. The summed E-state index contributed by atoms with van der Waals surface area (Å²) in [5, 5.41) is 10.1. The molecule has 2 heterocycles. The summed E-state index contributed by atoms with van der Waals surface area (Å²) in [4.78, 5) is 0. The number of hydrogen-bond donors (Lipinski definition) is 0. The summed E-state index contributed by atoms with van der Waals surface area (Å²) in [7, 11) is -3.11. The first kappa shape index (κ1) is 47.9. The molecule has 0 amide bonds. The lowest BCUT2D eigenvalue weighted by molar-refractivity contribution is 1.17. The standard InChI is InChI=1S/C78H54N2Si/c1-8-24-55(25-9-1)58-40-45-66(46-41-58)81(64-34-18-6-19-35-64,65-36-20-7-21-37-65)67-53-69(59-30-14-4-15-31-59)78(70(54-67)60-32-16-5-17-33-60)80-74-39-23-22-38-68(74)73-52-63(44-49-77(73)80)79-75-47-42-61(56-26-10-2-11-27-56)50-71(75)72-51-62(43-48-76(72)79)57-28-12-3-13-29-57/h1-54H. The highest BCUT2D eigenvalue weighted by molar-refractivity contribution is 7.20. The molecule has 2 aromatic heterocycles. The van der Waals surface area contributed by atoms with Crippen LogP contribution in [0.1, 0.15) is 0 Å². The number of hydrogen-bond acceptors (Lipinski definition) is 0. The second kappa shape index (κ2) is 20.2. The minimum absolute atomic E-state index is 1.12. The summed E-state index contributed by atoms with van der Waals surface area (Å²) < 4.78 is 5.04. The molecule has 13 aromatic carbocycles. The molecule has 0 N–H and O–H groups in total. The molecular formula is C78H54N2Si. The van der Waals surface area contributed by atoms with Crippen LogP contribution in [0.5, 0.6) is 0 Å². The first-order chi connectivity index (χ1) is 40.2. The van der Waals surface area contributed by atoms with Crippen LogP contribution in [-0.4, -0.2) is 17.2 Å². The van der Waals surface area contributed by atoms with E-state index in [1.807, 2.05) is 0 Å². The maximum absolute atomic E-state index is 3.11. The van der Waals surface area contributed by atoms with Crippen molar-refractivity contribution in [3.05, 3.63) is 328 Å². The van der Waals surface area contributed by atoms with Crippen LogP contribution in [0.15, 0.2) is 328 Å². The monoisotopic (exact) mass is 1050 g/mol. The van der Waals surface area contributed by atoms with Crippen molar-refractivity contribution in [2.45, 2.75) is 0 Å². The molecule has 0 aliphatic heterocycles. The van der Waals surface area contributed by atoms with E-state index in [0.29, 0.717) is 0 Å². The number of benzene rings is 13. The summed E-state index contributed by atoms with van der Waals surface area (Å²) >= 11 is 0. The van der Waals surface area contributed by atoms with E-state index in [1.54, 1.807) is 0 Å². The molecule has 0 aliphatic carbocycles. The van der Waals surface area contributed by atoms with Gasteiger partial charge in [-0.25, -0.2) is 0 Å². The highest BCUT2D eigenvalue weighted by Crippen LogP contribution is 2.44. The van der Waals surface area contributed by atoms with Crippen molar-refractivity contribution in [3.8, 4) is 67.0 Å². The van der Waals surface area contributed by atoms with Gasteiger partial charge in [0.2, 0.25) is 0 Å². The molecule has 2 nitrogen and oxygen atoms in total. The van der Waals surface area contributed by atoms with Crippen LogP contribution in [0, 0.1) is 0 Å². The fraction of sp³-hybridized carbons (Fsp3) is 0. The van der Waals surface area contributed by atoms with E-state index >= 15 is 0 Å². The number of fused-ring (bicyclic) bond motifs is 6. The van der Waals surface area contributed by atoms with Gasteiger partial charge in [0.05, 0.1) is 27.8 Å². The van der Waals surface area contributed by atoms with Gasteiger partial charge in [0, 0.05) is 38.4 Å². The number of rotatable bonds is 11. The number of nitrogens with zero attached hydrogens (tertiary/aromatic N) is 2. The topological polar surface area (TPSA) is 9.86 Å². The molecule has 81 heavy (non-hydrogen) atoms. The first-order valence-corrected chi connectivity index (χ1v) is 30.0. The van der Waals surface area contributed by atoms with Gasteiger partial charge >= 0.3 is 0 Å². The Labute approximate surface area is 473 Å². The number of para-hydroxylation sites is 1. The van der Waals surface area contributed by atoms with E-state index in [9.17, 15) is 0 Å². The van der Waals surface area contributed by atoms with Crippen LogP contribution < -0.4 is 20.7 Å². The third-order valence-corrected chi connectivity index (χ3v) is 21.4. The lowest BCUT2D eigenvalue weighted by Gasteiger charge is -2.36. The Morgan fingerprint density at radius 3 is 1.01 bits per heavy atom. The van der Waals surface area contributed by atoms with Gasteiger partial charge in [0.25, 0.3) is 0 Å². The normalized spacial score (nSPS) is 11.7. The number of aromatic nitrogens is 2. The lowest BCUT2D eigenvalue weighted by atomic mass is 9.95. The highest BCUT2D eigenvalue weighted by atomic mass is 28.3. The molecule has 0 radical (unpaired) electrons. The van der Waals surface area contributed by atoms with Crippen LogP contribution >= 0.6 is 0 Å². The van der Waals surface area contributed by atoms with Crippen molar-refractivity contribution in [3.63, 3.8) is 0 Å². The van der Waals surface area contributed by atoms with Crippen molar-refractivity contribution in [2.75, 3.05) is 0 Å². The second-order valence-electron chi connectivity index (χ2n) is 21.2. The van der Waals surface area contributed by atoms with Gasteiger partial charge < -0.3 is 9.13 Å². The van der Waals surface area contributed by atoms with E-state index in [4.69, 9.17) is 0 Å². The van der Waals surface area contributed by atoms with Gasteiger partial charge in [-0.15, -0.1) is 0 Å². The predicted octanol–water partition coefficient (Wildman–Crippen LogP) is 17.6. The Balaban J connectivity index is 1.01. The molecule has 0 saturated carbocycles. The van der Waals surface area contributed by atoms with Crippen molar-refractivity contribution in [1.82, 2.24) is 9.13 Å². The molecule has 3 heteroatoms. The van der Waals surface area contributed by atoms with Crippen LogP contribution in [0.25, 0.3) is 111 Å². The Bertz CT molecular complexity index is 4550. The molecule has 0 saturated heterocycles. The van der Waals surface area contributed by atoms with Crippen molar-refractivity contribution < 1.29 is 0 Å². The highest BCUT2D eigenvalue weighted by Gasteiger charge is 2.42. The first-order valence-electron chi connectivity index (χ1n) is 28.0. The Morgan fingerprint density at radius 2 is 0.531 bits per heavy atom. The quantitative estimate of drug-likeness (QED) is 0.0902. The maximum atomic E-state index is 2.57. The molecule has 0 atom stereocenters. The third kappa shape index (κ3) is 8.17. The zero-order chi connectivity index (χ0) is 53.7. The predicted molar refractivity (Wildman–Crippen MR) is 346 cm³/mol. The van der Waals surface area contributed by atoms with E-state index in [1.165, 1.54) is 97.8 Å². The van der Waals surface area contributed by atoms with Gasteiger partial charge in [-0.1, -0.05) is 279 Å². The minimum Gasteiger partial charge on any atom is -0.309 e. The van der Waals surface area contributed by atoms with Crippen LogP contribution in [0.2, 0.25) is 0 Å². The Hall–Kier alpha value is -10.3. The van der Waals surface area contributed by atoms with E-state index < -0.39 is 8.07 Å². The SMILES string of the molecule is c1ccc(-c2ccc([Si](c3ccccc3)(c3ccccc3)c3cc(-c4ccccc4)c(-n4c5ccccc5c5cc(-n6c7ccc(-c8ccccc8)cc7c7cc(-c8ccccc8)ccc76)ccc54)c(-c4ccccc4)c3)cc2)cc1. The van der Waals surface area contributed by atoms with Gasteiger partial charge in [0.15, 0.2) is 8.07 Å². The molecule has 0 spiro atoms. The molecule has 0 aliphatic rings. The molecular weight excluding hydrogens is 993 g/mol. The largest absolute Gasteiger partial charge is 0.309 e. The fourth-order valence-corrected chi connectivity index (χ4v) is 17.7. The molecule has 0 fully saturated rings. The summed E-state index contributed by atoms with van der Waals surface area (Å²) in [5.41, 5.74) is 18.8. The van der Waals surface area contributed by atoms with Crippen LogP contribution in [0.3, 0.4) is 0 Å². The molecule has 15 aromatic rings. The second-order valence-corrected chi connectivity index (χ2v) is 25.0. The van der Waals surface area contributed by atoms with Gasteiger partial charge in [-0.05, 0) is 114 Å². The zero-order valence-corrected chi connectivity index (χ0v) is 45.6. The molecule has 15 rings (SSSR count). The fourth-order valence-electron chi connectivity index (χ4n) is 12.9. The van der Waals surface area contributed by atoms with Gasteiger partial charge in [-0.2, -0.15) is 0 Å².